The van der Waals surface area contributed by atoms with E-state index in [0.717, 1.165) is 30.7 Å². The van der Waals surface area contributed by atoms with Gasteiger partial charge in [0.15, 0.2) is 0 Å². The molecule has 21 heavy (non-hydrogen) atoms. The van der Waals surface area contributed by atoms with Crippen molar-refractivity contribution in [2.45, 2.75) is 48.9 Å². The quantitative estimate of drug-likeness (QED) is 0.721. The lowest BCUT2D eigenvalue weighted by Crippen LogP contribution is -2.38. The molecule has 1 fully saturated rings. The van der Waals surface area contributed by atoms with Crippen LogP contribution in [-0.4, -0.2) is 32.5 Å². The van der Waals surface area contributed by atoms with E-state index in [0.29, 0.717) is 20.5 Å². The van der Waals surface area contributed by atoms with Gasteiger partial charge in [0.25, 0.3) is 0 Å². The van der Waals surface area contributed by atoms with Crippen LogP contribution in [0.1, 0.15) is 31.1 Å². The van der Waals surface area contributed by atoms with Crippen LogP contribution in [0.15, 0.2) is 14.7 Å². The molecule has 2 N–H and O–H groups in total. The first-order chi connectivity index (χ1) is 9.97. The molecule has 1 saturated carbocycles. The van der Waals surface area contributed by atoms with Crippen LogP contribution >= 0.6 is 39.0 Å². The van der Waals surface area contributed by atoms with Crippen LogP contribution in [0, 0.1) is 0 Å². The molecule has 0 aliphatic heterocycles. The van der Waals surface area contributed by atoms with E-state index >= 15 is 0 Å². The Labute approximate surface area is 143 Å². The largest absolute Gasteiger partial charge is 0.312 e. The second kappa shape index (κ2) is 7.79. The van der Waals surface area contributed by atoms with Crippen molar-refractivity contribution in [2.75, 3.05) is 12.8 Å². The summed E-state index contributed by atoms with van der Waals surface area (Å²) in [6.45, 7) is 3.60. The van der Waals surface area contributed by atoms with E-state index in [2.05, 4.69) is 26.0 Å². The lowest BCUT2D eigenvalue weighted by molar-refractivity contribution is 0.555. The van der Waals surface area contributed by atoms with Crippen LogP contribution in [0.5, 0.6) is 0 Å². The molecule has 1 aromatic rings. The smallest absolute Gasteiger partial charge is 0.242 e. The summed E-state index contributed by atoms with van der Waals surface area (Å²) < 4.78 is 28.8. The van der Waals surface area contributed by atoms with Gasteiger partial charge in [0.05, 0.1) is 3.79 Å². The summed E-state index contributed by atoms with van der Waals surface area (Å²) in [5.74, 6) is 0. The number of rotatable bonds is 7. The molecule has 120 valence electrons. The molecule has 2 atom stereocenters. The Kier molecular flexibility index (Phi) is 6.58. The third-order valence-electron chi connectivity index (χ3n) is 3.61. The average molecular weight is 413 g/mol. The Bertz CT molecular complexity index is 574. The molecule has 1 aliphatic rings. The van der Waals surface area contributed by atoms with E-state index in [1.807, 2.05) is 13.2 Å². The summed E-state index contributed by atoms with van der Waals surface area (Å²) in [5, 5.41) is 3.60. The van der Waals surface area contributed by atoms with Gasteiger partial charge in [-0.05, 0) is 47.6 Å². The number of hydrogen-bond donors (Lipinski definition) is 2. The predicted octanol–water partition coefficient (Wildman–Crippen LogP) is 3.18. The molecule has 1 aromatic heterocycles. The number of hydrogen-bond acceptors (Lipinski definition) is 5. The van der Waals surface area contributed by atoms with Crippen LogP contribution in [0.3, 0.4) is 0 Å². The molecule has 1 aliphatic carbocycles. The maximum absolute atomic E-state index is 12.6. The van der Waals surface area contributed by atoms with Gasteiger partial charge >= 0.3 is 0 Å². The standard InChI is InChI=1S/C13H21BrN2O2S3/c1-3-15-8-9-7-12(13(14)20-9)21(17,18)16-10-5-4-6-11(10)19-2/h7,10-11,15-16H,3-6,8H2,1-2H3. The lowest BCUT2D eigenvalue weighted by atomic mass is 10.3. The minimum atomic E-state index is -3.45. The van der Waals surface area contributed by atoms with Crippen molar-refractivity contribution in [2.24, 2.45) is 0 Å². The minimum absolute atomic E-state index is 0.0500. The number of nitrogens with one attached hydrogen (secondary N) is 2. The molecule has 0 aromatic carbocycles. The van der Waals surface area contributed by atoms with Crippen LogP contribution < -0.4 is 10.0 Å². The second-order valence-corrected chi connectivity index (χ2v) is 10.3. The van der Waals surface area contributed by atoms with Crippen LogP contribution in [0.4, 0.5) is 0 Å². The summed E-state index contributed by atoms with van der Waals surface area (Å²) in [6.07, 6.45) is 5.16. The number of thiophene rings is 1. The van der Waals surface area contributed by atoms with Gasteiger partial charge in [-0.3, -0.25) is 0 Å². The average Bonchev–Trinajstić information content (AvgIpc) is 3.02. The van der Waals surface area contributed by atoms with Gasteiger partial charge in [-0.15, -0.1) is 11.3 Å². The Morgan fingerprint density at radius 1 is 1.48 bits per heavy atom. The van der Waals surface area contributed by atoms with Crippen molar-refractivity contribution < 1.29 is 8.42 Å². The predicted molar refractivity (Wildman–Crippen MR) is 94.7 cm³/mol. The molecule has 2 rings (SSSR count). The van der Waals surface area contributed by atoms with E-state index in [-0.39, 0.29) is 6.04 Å². The van der Waals surface area contributed by atoms with Crippen molar-refractivity contribution >= 4 is 49.1 Å². The van der Waals surface area contributed by atoms with Gasteiger partial charge in [0.2, 0.25) is 10.0 Å². The molecule has 0 saturated heterocycles. The zero-order valence-electron chi connectivity index (χ0n) is 12.2. The van der Waals surface area contributed by atoms with Crippen molar-refractivity contribution in [3.8, 4) is 0 Å². The second-order valence-electron chi connectivity index (χ2n) is 5.06. The summed E-state index contributed by atoms with van der Waals surface area (Å²) in [5.41, 5.74) is 0. The van der Waals surface area contributed by atoms with Gasteiger partial charge in [-0.2, -0.15) is 11.8 Å². The van der Waals surface area contributed by atoms with Gasteiger partial charge in [0.1, 0.15) is 4.90 Å². The van der Waals surface area contributed by atoms with Crippen molar-refractivity contribution in [1.82, 2.24) is 10.0 Å². The highest BCUT2D eigenvalue weighted by molar-refractivity contribution is 9.11. The number of halogens is 1. The fraction of sp³-hybridized carbons (Fsp3) is 0.692. The van der Waals surface area contributed by atoms with Gasteiger partial charge in [0, 0.05) is 22.7 Å². The minimum Gasteiger partial charge on any atom is -0.312 e. The molecular weight excluding hydrogens is 392 g/mol. The van der Waals surface area contributed by atoms with E-state index in [9.17, 15) is 8.42 Å². The molecule has 0 amide bonds. The Hall–Kier alpha value is 0.400. The molecule has 2 unspecified atom stereocenters. The van der Waals surface area contributed by atoms with Crippen molar-refractivity contribution in [3.05, 3.63) is 14.7 Å². The van der Waals surface area contributed by atoms with Gasteiger partial charge in [-0.1, -0.05) is 13.3 Å². The Balaban J connectivity index is 2.13. The Morgan fingerprint density at radius 2 is 2.24 bits per heavy atom. The topological polar surface area (TPSA) is 58.2 Å². The monoisotopic (exact) mass is 412 g/mol. The molecular formula is C13H21BrN2O2S3. The summed E-state index contributed by atoms with van der Waals surface area (Å²) in [6, 6.07) is 1.82. The zero-order valence-corrected chi connectivity index (χ0v) is 16.2. The maximum atomic E-state index is 12.6. The highest BCUT2D eigenvalue weighted by Crippen LogP contribution is 2.34. The Morgan fingerprint density at radius 3 is 2.90 bits per heavy atom. The maximum Gasteiger partial charge on any atom is 0.242 e. The zero-order chi connectivity index (χ0) is 15.5. The first kappa shape index (κ1) is 17.7. The van der Waals surface area contributed by atoms with Gasteiger partial charge < -0.3 is 5.32 Å². The molecule has 8 heteroatoms. The van der Waals surface area contributed by atoms with Crippen molar-refractivity contribution in [1.29, 1.82) is 0 Å². The van der Waals surface area contributed by atoms with Crippen molar-refractivity contribution in [3.63, 3.8) is 0 Å². The highest BCUT2D eigenvalue weighted by Gasteiger charge is 2.32. The number of sulfonamides is 1. The van der Waals surface area contributed by atoms with Crippen LogP contribution in [0.25, 0.3) is 0 Å². The fourth-order valence-electron chi connectivity index (χ4n) is 2.52. The molecule has 1 heterocycles. The van der Waals surface area contributed by atoms with E-state index < -0.39 is 10.0 Å². The van der Waals surface area contributed by atoms with Crippen LogP contribution in [-0.2, 0) is 16.6 Å². The molecule has 0 radical (unpaired) electrons. The highest BCUT2D eigenvalue weighted by atomic mass is 79.9. The lowest BCUT2D eigenvalue weighted by Gasteiger charge is -2.18. The number of thioether (sulfide) groups is 1. The third-order valence-corrected chi connectivity index (χ3v) is 8.52. The summed E-state index contributed by atoms with van der Waals surface area (Å²) in [4.78, 5) is 1.39. The van der Waals surface area contributed by atoms with Crippen LogP contribution in [0.2, 0.25) is 0 Å². The molecule has 0 bridgehead atoms. The summed E-state index contributed by atoms with van der Waals surface area (Å²) in [7, 11) is -3.45. The fourth-order valence-corrected chi connectivity index (χ4v) is 7.51. The normalized spacial score (nSPS) is 22.8. The van der Waals surface area contributed by atoms with Gasteiger partial charge in [-0.25, -0.2) is 13.1 Å². The SMILES string of the molecule is CCNCc1cc(S(=O)(=O)NC2CCCC2SC)c(Br)s1. The van der Waals surface area contributed by atoms with E-state index in [1.54, 1.807) is 17.8 Å². The van der Waals surface area contributed by atoms with E-state index in [4.69, 9.17) is 0 Å². The third kappa shape index (κ3) is 4.45. The summed E-state index contributed by atoms with van der Waals surface area (Å²) >= 11 is 6.62. The molecule has 0 spiro atoms. The van der Waals surface area contributed by atoms with E-state index in [1.165, 1.54) is 11.3 Å². The first-order valence-electron chi connectivity index (χ1n) is 7.02. The molecule has 4 nitrogen and oxygen atoms in total. The first-order valence-corrected chi connectivity index (χ1v) is 11.4.